The van der Waals surface area contributed by atoms with Gasteiger partial charge >= 0.3 is 12.1 Å². The monoisotopic (exact) mass is 640 g/mol. The van der Waals surface area contributed by atoms with Gasteiger partial charge in [-0.1, -0.05) is 26.0 Å². The molecule has 1 aromatic heterocycles. The molecule has 2 aliphatic rings. The van der Waals surface area contributed by atoms with Gasteiger partial charge in [-0.3, -0.25) is 24.1 Å². The summed E-state index contributed by atoms with van der Waals surface area (Å²) in [4.78, 5) is 75.1. The van der Waals surface area contributed by atoms with Gasteiger partial charge in [0, 0.05) is 63.2 Å². The Labute approximate surface area is 268 Å². The lowest BCUT2D eigenvalue weighted by molar-refractivity contribution is -0.138. The molecule has 250 valence electrons. The molecule has 46 heavy (non-hydrogen) atoms. The van der Waals surface area contributed by atoms with Crippen molar-refractivity contribution >= 4 is 40.7 Å². The van der Waals surface area contributed by atoms with Crippen molar-refractivity contribution in [3.8, 4) is 5.75 Å². The third-order valence-electron chi connectivity index (χ3n) is 8.47. The number of ether oxygens (including phenoxy) is 2. The predicted octanol–water partition coefficient (Wildman–Crippen LogP) is 1.82. The van der Waals surface area contributed by atoms with Crippen LogP contribution in [0.4, 0.5) is 4.79 Å². The van der Waals surface area contributed by atoms with Crippen LogP contribution < -0.4 is 10.1 Å². The maximum absolute atomic E-state index is 13.5. The van der Waals surface area contributed by atoms with E-state index in [1.807, 2.05) is 0 Å². The summed E-state index contributed by atoms with van der Waals surface area (Å²) in [6, 6.07) is 7.68. The quantitative estimate of drug-likeness (QED) is 0.330. The molecule has 2 fully saturated rings. The van der Waals surface area contributed by atoms with Gasteiger partial charge in [0.15, 0.2) is 6.61 Å². The topological polar surface area (TPSA) is 162 Å². The fourth-order valence-corrected chi connectivity index (χ4v) is 5.92. The maximum Gasteiger partial charge on any atom is 0.409 e. The Kier molecular flexibility index (Phi) is 12.1. The lowest BCUT2D eigenvalue weighted by atomic mass is 10.1. The van der Waals surface area contributed by atoms with Crippen LogP contribution in [-0.2, 0) is 19.1 Å². The molecule has 0 spiro atoms. The van der Waals surface area contributed by atoms with Gasteiger partial charge in [0.05, 0.1) is 12.1 Å². The Bertz CT molecular complexity index is 1410. The van der Waals surface area contributed by atoms with Gasteiger partial charge in [-0.25, -0.2) is 9.78 Å². The third-order valence-corrected chi connectivity index (χ3v) is 8.47. The molecule has 2 N–H and O–H groups in total. The van der Waals surface area contributed by atoms with Crippen molar-refractivity contribution in [2.75, 3.05) is 65.6 Å². The molecule has 14 heteroatoms. The normalized spacial score (nSPS) is 17.2. The highest BCUT2D eigenvalue weighted by atomic mass is 16.6. The van der Waals surface area contributed by atoms with Crippen LogP contribution in [0.15, 0.2) is 30.3 Å². The molecule has 2 atom stereocenters. The molecule has 2 aliphatic heterocycles. The molecule has 2 saturated heterocycles. The highest BCUT2D eigenvalue weighted by Gasteiger charge is 2.32. The summed E-state index contributed by atoms with van der Waals surface area (Å²) >= 11 is 0. The Morgan fingerprint density at radius 1 is 1.00 bits per heavy atom. The largest absolute Gasteiger partial charge is 0.483 e. The summed E-state index contributed by atoms with van der Waals surface area (Å²) in [6.45, 7) is 10.0. The number of carbonyl (C=O) groups is 5. The SMILES string of the molecule is CCOC(=O)N1CCN(C(=O)C(CCC(=O)O)NC(=O)c2cc(OCC(=O)N3CCC(N(CC)CC)C3)c3ccccc3n2)CC1. The van der Waals surface area contributed by atoms with E-state index in [1.54, 1.807) is 36.1 Å². The fraction of sp³-hybridized carbons (Fsp3) is 0.562. The zero-order valence-electron chi connectivity index (χ0n) is 26.8. The van der Waals surface area contributed by atoms with E-state index >= 15 is 0 Å². The van der Waals surface area contributed by atoms with Crippen LogP contribution in [0.25, 0.3) is 10.9 Å². The van der Waals surface area contributed by atoms with Crippen molar-refractivity contribution in [2.24, 2.45) is 0 Å². The number of likely N-dealkylation sites (tertiary alicyclic amines) is 1. The van der Waals surface area contributed by atoms with Crippen LogP contribution in [0, 0.1) is 0 Å². The number of nitrogens with zero attached hydrogens (tertiary/aromatic N) is 5. The minimum atomic E-state index is -1.13. The van der Waals surface area contributed by atoms with Gasteiger partial charge in [-0.15, -0.1) is 0 Å². The highest BCUT2D eigenvalue weighted by molar-refractivity contribution is 5.99. The molecule has 14 nitrogen and oxygen atoms in total. The molecule has 0 radical (unpaired) electrons. The van der Waals surface area contributed by atoms with Crippen LogP contribution in [0.1, 0.15) is 50.5 Å². The average Bonchev–Trinajstić information content (AvgIpc) is 3.55. The summed E-state index contributed by atoms with van der Waals surface area (Å²) in [5, 5.41) is 12.6. The molecule has 2 unspecified atom stereocenters. The molecule has 1 aromatic carbocycles. The Balaban J connectivity index is 1.46. The number of aliphatic carboxylic acids is 1. The number of hydrogen-bond acceptors (Lipinski definition) is 9. The molecule has 0 bridgehead atoms. The Morgan fingerprint density at radius 3 is 2.37 bits per heavy atom. The summed E-state index contributed by atoms with van der Waals surface area (Å²) in [7, 11) is 0. The number of aromatic nitrogens is 1. The molecule has 3 heterocycles. The third kappa shape index (κ3) is 8.62. The number of piperazine rings is 1. The number of amides is 4. The second-order valence-electron chi connectivity index (χ2n) is 11.3. The first kappa shape index (κ1) is 34.4. The first-order valence-corrected chi connectivity index (χ1v) is 15.9. The number of carbonyl (C=O) groups excluding carboxylic acids is 4. The zero-order valence-corrected chi connectivity index (χ0v) is 26.8. The number of fused-ring (bicyclic) bond motifs is 1. The number of carboxylic acids is 1. The van der Waals surface area contributed by atoms with Gasteiger partial charge < -0.3 is 34.6 Å². The van der Waals surface area contributed by atoms with E-state index in [1.165, 1.54) is 15.9 Å². The predicted molar refractivity (Wildman–Crippen MR) is 168 cm³/mol. The van der Waals surface area contributed by atoms with Crippen LogP contribution >= 0.6 is 0 Å². The number of hydrogen-bond donors (Lipinski definition) is 2. The highest BCUT2D eigenvalue weighted by Crippen LogP contribution is 2.26. The number of benzene rings is 1. The molecule has 2 aromatic rings. The fourth-order valence-electron chi connectivity index (χ4n) is 5.92. The van der Waals surface area contributed by atoms with Crippen molar-refractivity contribution in [1.29, 1.82) is 0 Å². The summed E-state index contributed by atoms with van der Waals surface area (Å²) < 4.78 is 11.0. The molecule has 4 rings (SSSR count). The number of rotatable bonds is 13. The van der Waals surface area contributed by atoms with Crippen molar-refractivity contribution in [3.63, 3.8) is 0 Å². The van der Waals surface area contributed by atoms with Crippen LogP contribution in [0.5, 0.6) is 5.75 Å². The molecular weight excluding hydrogens is 596 g/mol. The van der Waals surface area contributed by atoms with Gasteiger partial charge in [0.1, 0.15) is 17.5 Å². The molecular formula is C32H44N6O8. The van der Waals surface area contributed by atoms with Crippen molar-refractivity contribution in [2.45, 2.75) is 52.1 Å². The Morgan fingerprint density at radius 2 is 1.70 bits per heavy atom. The Hall–Kier alpha value is -4.46. The van der Waals surface area contributed by atoms with Gasteiger partial charge in [-0.2, -0.15) is 0 Å². The van der Waals surface area contributed by atoms with E-state index in [9.17, 15) is 29.1 Å². The number of nitrogens with one attached hydrogen (secondary N) is 1. The van der Waals surface area contributed by atoms with Crippen molar-refractivity contribution < 1.29 is 38.6 Å². The number of para-hydroxylation sites is 1. The second kappa shape index (κ2) is 16.2. The lowest BCUT2D eigenvalue weighted by Gasteiger charge is -2.35. The van der Waals surface area contributed by atoms with Crippen molar-refractivity contribution in [3.05, 3.63) is 36.0 Å². The number of likely N-dealkylation sites (N-methyl/N-ethyl adjacent to an activating group) is 1. The van der Waals surface area contributed by atoms with Crippen LogP contribution in [0.2, 0.25) is 0 Å². The zero-order chi connectivity index (χ0) is 33.2. The first-order valence-electron chi connectivity index (χ1n) is 15.9. The average molecular weight is 641 g/mol. The standard InChI is InChI=1S/C32H44N6O8/c1-4-35(5-2)22-13-14-38(20-22)28(39)21-46-27-19-26(33-24-10-8-7-9-23(24)27)30(42)34-25(11-12-29(40)41)31(43)36-15-17-37(18-16-36)32(44)45-6-3/h7-10,19,22,25H,4-6,11-18,20-21H2,1-3H3,(H,34,42)(H,40,41). The molecule has 0 saturated carbocycles. The second-order valence-corrected chi connectivity index (χ2v) is 11.3. The van der Waals surface area contributed by atoms with E-state index in [-0.39, 0.29) is 63.8 Å². The van der Waals surface area contributed by atoms with Gasteiger partial charge in [0.2, 0.25) is 5.91 Å². The van der Waals surface area contributed by atoms with Crippen LogP contribution in [-0.4, -0.2) is 137 Å². The van der Waals surface area contributed by atoms with Crippen LogP contribution in [0.3, 0.4) is 0 Å². The molecule has 4 amide bonds. The first-order chi connectivity index (χ1) is 22.1. The van der Waals surface area contributed by atoms with E-state index in [4.69, 9.17) is 9.47 Å². The summed E-state index contributed by atoms with van der Waals surface area (Å²) in [5.41, 5.74) is 0.424. The smallest absolute Gasteiger partial charge is 0.409 e. The number of pyridine rings is 1. The van der Waals surface area contributed by atoms with Gasteiger partial charge in [-0.05, 0) is 45.0 Å². The van der Waals surface area contributed by atoms with E-state index in [0.717, 1.165) is 19.5 Å². The summed E-state index contributed by atoms with van der Waals surface area (Å²) in [5.74, 6) is -2.09. The summed E-state index contributed by atoms with van der Waals surface area (Å²) in [6.07, 6.45) is -0.0316. The van der Waals surface area contributed by atoms with E-state index in [0.29, 0.717) is 35.8 Å². The maximum atomic E-state index is 13.5. The lowest BCUT2D eigenvalue weighted by Crippen LogP contribution is -2.56. The molecule has 0 aliphatic carbocycles. The number of carboxylic acid groups (broad SMARTS) is 1. The van der Waals surface area contributed by atoms with E-state index < -0.39 is 29.9 Å². The minimum Gasteiger partial charge on any atom is -0.483 e. The van der Waals surface area contributed by atoms with Crippen molar-refractivity contribution in [1.82, 2.24) is 29.9 Å². The minimum absolute atomic E-state index is 0.0378. The van der Waals surface area contributed by atoms with E-state index in [2.05, 4.69) is 29.0 Å². The van der Waals surface area contributed by atoms with Gasteiger partial charge in [0.25, 0.3) is 11.8 Å².